The summed E-state index contributed by atoms with van der Waals surface area (Å²) in [7, 11) is 1.60. The normalized spacial score (nSPS) is 17.0. The third kappa shape index (κ3) is 2.95. The first-order chi connectivity index (χ1) is 10.6. The highest BCUT2D eigenvalue weighted by Crippen LogP contribution is 2.36. The van der Waals surface area contributed by atoms with Gasteiger partial charge in [0.15, 0.2) is 0 Å². The zero-order chi connectivity index (χ0) is 15.7. The summed E-state index contributed by atoms with van der Waals surface area (Å²) < 4.78 is 10.8. The molecular formula is C15H15ClN2O3S. The van der Waals surface area contributed by atoms with Crippen molar-refractivity contribution >= 4 is 34.5 Å². The van der Waals surface area contributed by atoms with Gasteiger partial charge in [0, 0.05) is 17.5 Å². The van der Waals surface area contributed by atoms with Crippen LogP contribution in [-0.2, 0) is 11.3 Å². The second-order valence-corrected chi connectivity index (χ2v) is 6.39. The van der Waals surface area contributed by atoms with Gasteiger partial charge in [0.2, 0.25) is 0 Å². The molecule has 0 spiro atoms. The summed E-state index contributed by atoms with van der Waals surface area (Å²) in [6.07, 6.45) is -0.0882. The number of amides is 1. The lowest BCUT2D eigenvalue weighted by molar-refractivity contribution is 0.0956. The molecule has 0 saturated heterocycles. The number of nitrogens with zero attached hydrogens (tertiary/aromatic N) is 2. The minimum atomic E-state index is -0.155. The monoisotopic (exact) mass is 338 g/mol. The predicted octanol–water partition coefficient (Wildman–Crippen LogP) is 3.37. The van der Waals surface area contributed by atoms with E-state index in [1.54, 1.807) is 35.6 Å². The number of rotatable bonds is 3. The molecule has 0 saturated carbocycles. The molecule has 1 aliphatic rings. The Kier molecular flexibility index (Phi) is 4.33. The van der Waals surface area contributed by atoms with Crippen LogP contribution >= 0.6 is 22.9 Å². The maximum atomic E-state index is 12.8. The van der Waals surface area contributed by atoms with Crippen molar-refractivity contribution < 1.29 is 14.3 Å². The van der Waals surface area contributed by atoms with E-state index < -0.39 is 0 Å². The molecule has 0 fully saturated rings. The number of hydrogen-bond acceptors (Lipinski definition) is 5. The molecule has 2 heterocycles. The Hall–Kier alpha value is -1.63. The topological polar surface area (TPSA) is 51.7 Å². The van der Waals surface area contributed by atoms with Crippen LogP contribution in [0.1, 0.15) is 22.4 Å². The molecule has 2 aromatic rings. The number of thiazole rings is 1. The molecule has 1 aromatic heterocycles. The van der Waals surface area contributed by atoms with Crippen molar-refractivity contribution in [2.75, 3.05) is 18.6 Å². The van der Waals surface area contributed by atoms with E-state index in [1.807, 2.05) is 6.92 Å². The number of fused-ring (bicyclic) bond motifs is 1. The molecule has 0 unspecified atom stereocenters. The van der Waals surface area contributed by atoms with E-state index in [4.69, 9.17) is 21.1 Å². The first-order valence-corrected chi connectivity index (χ1v) is 8.05. The number of halogens is 1. The van der Waals surface area contributed by atoms with Gasteiger partial charge in [0.05, 0.1) is 18.8 Å². The van der Waals surface area contributed by atoms with Crippen LogP contribution in [0, 0.1) is 0 Å². The molecule has 5 nitrogen and oxygen atoms in total. The molecule has 0 radical (unpaired) electrons. The van der Waals surface area contributed by atoms with Crippen LogP contribution in [0.3, 0.4) is 0 Å². The molecule has 3 rings (SSSR count). The molecule has 1 aromatic carbocycles. The maximum absolute atomic E-state index is 12.8. The summed E-state index contributed by atoms with van der Waals surface area (Å²) in [5.41, 5.74) is 1.09. The summed E-state index contributed by atoms with van der Waals surface area (Å²) in [6, 6.07) is 5.27. The summed E-state index contributed by atoms with van der Waals surface area (Å²) in [4.78, 5) is 18.8. The zero-order valence-electron chi connectivity index (χ0n) is 12.2. The Morgan fingerprint density at radius 1 is 1.59 bits per heavy atom. The number of benzene rings is 1. The Bertz CT molecular complexity index is 704. The molecule has 1 aliphatic heterocycles. The van der Waals surface area contributed by atoms with Crippen LogP contribution in [0.5, 0.6) is 5.75 Å². The molecule has 1 atom stereocenters. The number of carbonyl (C=O) groups excluding carboxylic acids is 1. The van der Waals surface area contributed by atoms with E-state index in [2.05, 4.69) is 4.98 Å². The van der Waals surface area contributed by atoms with Crippen molar-refractivity contribution in [2.24, 2.45) is 0 Å². The van der Waals surface area contributed by atoms with E-state index in [0.717, 1.165) is 5.01 Å². The van der Waals surface area contributed by atoms with E-state index in [0.29, 0.717) is 35.3 Å². The van der Waals surface area contributed by atoms with Crippen molar-refractivity contribution in [3.05, 3.63) is 39.3 Å². The highest BCUT2D eigenvalue weighted by molar-refractivity contribution is 7.09. The van der Waals surface area contributed by atoms with Gasteiger partial charge < -0.3 is 9.47 Å². The minimum Gasteiger partial charge on any atom is -0.487 e. The quantitative estimate of drug-likeness (QED) is 0.861. The van der Waals surface area contributed by atoms with Crippen LogP contribution in [-0.4, -0.2) is 30.6 Å². The van der Waals surface area contributed by atoms with Crippen molar-refractivity contribution in [1.29, 1.82) is 0 Å². The Morgan fingerprint density at radius 3 is 3.18 bits per heavy atom. The standard InChI is InChI=1S/C15H15ClN2O3S/c1-9-6-18(12-5-10(16)3-4-13(12)21-9)15(19)11-8-22-14(17-11)7-20-2/h3-5,8-9H,6-7H2,1-2H3/t9-/m0/s1. The van der Waals surface area contributed by atoms with Crippen molar-refractivity contribution in [3.8, 4) is 5.75 Å². The lowest BCUT2D eigenvalue weighted by Crippen LogP contribution is -2.42. The van der Waals surface area contributed by atoms with Gasteiger partial charge in [-0.1, -0.05) is 11.6 Å². The Balaban J connectivity index is 1.93. The highest BCUT2D eigenvalue weighted by Gasteiger charge is 2.29. The molecule has 1 amide bonds. The van der Waals surface area contributed by atoms with Gasteiger partial charge in [-0.15, -0.1) is 11.3 Å². The van der Waals surface area contributed by atoms with E-state index in [1.165, 1.54) is 11.3 Å². The molecule has 7 heteroatoms. The van der Waals surface area contributed by atoms with Crippen LogP contribution in [0.4, 0.5) is 5.69 Å². The van der Waals surface area contributed by atoms with E-state index >= 15 is 0 Å². The van der Waals surface area contributed by atoms with E-state index in [-0.39, 0.29) is 12.0 Å². The largest absolute Gasteiger partial charge is 0.487 e. The van der Waals surface area contributed by atoms with Gasteiger partial charge in [-0.25, -0.2) is 4.98 Å². The van der Waals surface area contributed by atoms with Crippen molar-refractivity contribution in [2.45, 2.75) is 19.6 Å². The third-order valence-electron chi connectivity index (χ3n) is 3.26. The van der Waals surface area contributed by atoms with Gasteiger partial charge >= 0.3 is 0 Å². The number of ether oxygens (including phenoxy) is 2. The van der Waals surface area contributed by atoms with E-state index in [9.17, 15) is 4.79 Å². The molecule has 0 bridgehead atoms. The smallest absolute Gasteiger partial charge is 0.277 e. The third-order valence-corrected chi connectivity index (χ3v) is 4.32. The van der Waals surface area contributed by atoms with Gasteiger partial charge in [-0.3, -0.25) is 9.69 Å². The molecular weight excluding hydrogens is 324 g/mol. The Morgan fingerprint density at radius 2 is 2.41 bits per heavy atom. The van der Waals surface area contributed by atoms with Crippen LogP contribution in [0.2, 0.25) is 5.02 Å². The lowest BCUT2D eigenvalue weighted by atomic mass is 10.2. The fourth-order valence-corrected chi connectivity index (χ4v) is 3.24. The second-order valence-electron chi connectivity index (χ2n) is 5.02. The summed E-state index contributed by atoms with van der Waals surface area (Å²) in [5.74, 6) is 0.501. The number of hydrogen-bond donors (Lipinski definition) is 0. The van der Waals surface area contributed by atoms with Crippen LogP contribution in [0.25, 0.3) is 0 Å². The lowest BCUT2D eigenvalue weighted by Gasteiger charge is -2.33. The minimum absolute atomic E-state index is 0.0882. The number of methoxy groups -OCH3 is 1. The molecule has 116 valence electrons. The second kappa shape index (κ2) is 6.24. The van der Waals surface area contributed by atoms with Gasteiger partial charge in [-0.2, -0.15) is 0 Å². The van der Waals surface area contributed by atoms with Gasteiger partial charge in [-0.05, 0) is 25.1 Å². The maximum Gasteiger partial charge on any atom is 0.277 e. The summed E-state index contributed by atoms with van der Waals surface area (Å²) in [5, 5.41) is 3.09. The fourth-order valence-electron chi connectivity index (χ4n) is 2.34. The van der Waals surface area contributed by atoms with Crippen molar-refractivity contribution in [3.63, 3.8) is 0 Å². The fraction of sp³-hybridized carbons (Fsp3) is 0.333. The van der Waals surface area contributed by atoms with Crippen molar-refractivity contribution in [1.82, 2.24) is 4.98 Å². The number of carbonyl (C=O) groups is 1. The summed E-state index contributed by atoms with van der Waals surface area (Å²) in [6.45, 7) is 2.79. The SMILES string of the molecule is COCc1nc(C(=O)N2C[C@H](C)Oc3ccc(Cl)cc32)cs1. The molecule has 0 N–H and O–H groups in total. The van der Waals surface area contributed by atoms with Gasteiger partial charge in [0.1, 0.15) is 22.6 Å². The highest BCUT2D eigenvalue weighted by atomic mass is 35.5. The number of aromatic nitrogens is 1. The molecule has 0 aliphatic carbocycles. The Labute approximate surface area is 137 Å². The summed E-state index contributed by atoms with van der Waals surface area (Å²) >= 11 is 7.46. The first-order valence-electron chi connectivity index (χ1n) is 6.80. The van der Waals surface area contributed by atoms with Crippen LogP contribution in [0.15, 0.2) is 23.6 Å². The van der Waals surface area contributed by atoms with Gasteiger partial charge in [0.25, 0.3) is 5.91 Å². The zero-order valence-corrected chi connectivity index (χ0v) is 13.8. The predicted molar refractivity (Wildman–Crippen MR) is 86.0 cm³/mol. The molecule has 22 heavy (non-hydrogen) atoms. The average Bonchev–Trinajstić information content (AvgIpc) is 2.95. The average molecular weight is 339 g/mol. The number of anilines is 1. The van der Waals surface area contributed by atoms with Crippen LogP contribution < -0.4 is 9.64 Å². The first kappa shape index (κ1) is 15.3.